The molecule has 0 saturated carbocycles. The number of hydrogen-bond acceptors (Lipinski definition) is 4. The summed E-state index contributed by atoms with van der Waals surface area (Å²) < 4.78 is 11.5. The Balaban J connectivity index is 1.92. The van der Waals surface area contributed by atoms with Gasteiger partial charge in [-0.2, -0.15) is 0 Å². The number of aromatic nitrogens is 1. The molecule has 4 nitrogen and oxygen atoms in total. The fraction of sp³-hybridized carbons (Fsp3) is 0.500. The molecule has 0 aromatic carbocycles. The van der Waals surface area contributed by atoms with Crippen molar-refractivity contribution in [2.45, 2.75) is 12.0 Å². The third-order valence-electron chi connectivity index (χ3n) is 2.74. The lowest BCUT2D eigenvalue weighted by Crippen LogP contribution is -2.46. The zero-order chi connectivity index (χ0) is 9.43. The highest BCUT2D eigenvalue weighted by Gasteiger charge is 2.41. The molecule has 0 bridgehead atoms. The Hall–Kier alpha value is -1.29. The van der Waals surface area contributed by atoms with E-state index in [2.05, 4.69) is 10.3 Å². The smallest absolute Gasteiger partial charge is 0.257 e. The van der Waals surface area contributed by atoms with Gasteiger partial charge in [0.1, 0.15) is 6.61 Å². The van der Waals surface area contributed by atoms with Crippen molar-refractivity contribution < 1.29 is 9.47 Å². The number of ether oxygens (including phenoxy) is 2. The van der Waals surface area contributed by atoms with Gasteiger partial charge >= 0.3 is 0 Å². The van der Waals surface area contributed by atoms with Crippen LogP contribution in [0.15, 0.2) is 18.3 Å². The van der Waals surface area contributed by atoms with Crippen molar-refractivity contribution in [2.75, 3.05) is 19.7 Å². The maximum absolute atomic E-state index is 5.88. The number of fused-ring (bicyclic) bond motifs is 1. The standard InChI is InChI=1S/C10H12N2O2/c1-2-8-9(12-4-1)14-10(7-13-8)3-5-11-6-10/h1-2,4,11H,3,5-7H2. The Morgan fingerprint density at radius 3 is 3.36 bits per heavy atom. The van der Waals surface area contributed by atoms with Gasteiger partial charge in [0.25, 0.3) is 5.88 Å². The van der Waals surface area contributed by atoms with Gasteiger partial charge in [-0.05, 0) is 18.7 Å². The monoisotopic (exact) mass is 192 g/mol. The second kappa shape index (κ2) is 2.85. The molecule has 14 heavy (non-hydrogen) atoms. The number of pyridine rings is 1. The fourth-order valence-electron chi connectivity index (χ4n) is 1.94. The molecule has 1 aromatic rings. The minimum Gasteiger partial charge on any atom is -0.484 e. The maximum Gasteiger partial charge on any atom is 0.257 e. The molecule has 1 unspecified atom stereocenters. The van der Waals surface area contributed by atoms with Crippen LogP contribution in [0.3, 0.4) is 0 Å². The van der Waals surface area contributed by atoms with Crippen LogP contribution in [0.25, 0.3) is 0 Å². The predicted octanol–water partition coefficient (Wildman–Crippen LogP) is 0.585. The Morgan fingerprint density at radius 1 is 1.50 bits per heavy atom. The predicted molar refractivity (Wildman–Crippen MR) is 50.6 cm³/mol. The first kappa shape index (κ1) is 8.05. The first-order valence-corrected chi connectivity index (χ1v) is 4.86. The lowest BCUT2D eigenvalue weighted by atomic mass is 10.0. The van der Waals surface area contributed by atoms with Gasteiger partial charge in [0.05, 0.1) is 0 Å². The second-order valence-corrected chi connectivity index (χ2v) is 3.81. The normalized spacial score (nSPS) is 29.4. The van der Waals surface area contributed by atoms with Crippen molar-refractivity contribution in [1.82, 2.24) is 10.3 Å². The lowest BCUT2D eigenvalue weighted by Gasteiger charge is -2.33. The molecule has 3 heterocycles. The van der Waals surface area contributed by atoms with E-state index in [4.69, 9.17) is 9.47 Å². The van der Waals surface area contributed by atoms with Crippen molar-refractivity contribution in [1.29, 1.82) is 0 Å². The average molecular weight is 192 g/mol. The van der Waals surface area contributed by atoms with Gasteiger partial charge in [-0.3, -0.25) is 0 Å². The Morgan fingerprint density at radius 2 is 2.50 bits per heavy atom. The molecule has 1 atom stereocenters. The number of rotatable bonds is 0. The van der Waals surface area contributed by atoms with E-state index in [0.717, 1.165) is 25.3 Å². The maximum atomic E-state index is 5.88. The van der Waals surface area contributed by atoms with E-state index in [1.54, 1.807) is 6.20 Å². The average Bonchev–Trinajstić information content (AvgIpc) is 2.66. The summed E-state index contributed by atoms with van der Waals surface area (Å²) in [5, 5.41) is 3.28. The molecule has 1 aromatic heterocycles. The SMILES string of the molecule is c1cnc2c(c1)OCC1(CCNC1)O2. The second-order valence-electron chi connectivity index (χ2n) is 3.81. The molecule has 0 radical (unpaired) electrons. The van der Waals surface area contributed by atoms with Crippen LogP contribution >= 0.6 is 0 Å². The van der Waals surface area contributed by atoms with Gasteiger partial charge in [-0.25, -0.2) is 4.98 Å². The highest BCUT2D eigenvalue weighted by Crippen LogP contribution is 2.35. The number of hydrogen-bond donors (Lipinski definition) is 1. The van der Waals surface area contributed by atoms with E-state index in [0.29, 0.717) is 12.5 Å². The largest absolute Gasteiger partial charge is 0.484 e. The molecule has 1 saturated heterocycles. The number of nitrogens with one attached hydrogen (secondary N) is 1. The Labute approximate surface area is 82.2 Å². The van der Waals surface area contributed by atoms with Gasteiger partial charge in [0.15, 0.2) is 11.4 Å². The Kier molecular flexibility index (Phi) is 1.64. The summed E-state index contributed by atoms with van der Waals surface area (Å²) in [7, 11) is 0. The Bertz CT molecular complexity index is 348. The van der Waals surface area contributed by atoms with Crippen LogP contribution in [0.1, 0.15) is 6.42 Å². The molecule has 1 spiro atoms. The van der Waals surface area contributed by atoms with Gasteiger partial charge in [0.2, 0.25) is 0 Å². The van der Waals surface area contributed by atoms with E-state index in [1.165, 1.54) is 0 Å². The highest BCUT2D eigenvalue weighted by atomic mass is 16.6. The van der Waals surface area contributed by atoms with Gasteiger partial charge in [-0.1, -0.05) is 0 Å². The van der Waals surface area contributed by atoms with Gasteiger partial charge in [0, 0.05) is 19.2 Å². The molecule has 1 N–H and O–H groups in total. The molecule has 4 heteroatoms. The van der Waals surface area contributed by atoms with Gasteiger partial charge < -0.3 is 14.8 Å². The molecule has 0 amide bonds. The molecule has 2 aliphatic rings. The van der Waals surface area contributed by atoms with E-state index in [1.807, 2.05) is 12.1 Å². The summed E-state index contributed by atoms with van der Waals surface area (Å²) in [6.45, 7) is 2.47. The van der Waals surface area contributed by atoms with Crippen molar-refractivity contribution in [2.24, 2.45) is 0 Å². The third kappa shape index (κ3) is 1.14. The van der Waals surface area contributed by atoms with E-state index in [-0.39, 0.29) is 5.60 Å². The van der Waals surface area contributed by atoms with Gasteiger partial charge in [-0.15, -0.1) is 0 Å². The fourth-order valence-corrected chi connectivity index (χ4v) is 1.94. The summed E-state index contributed by atoms with van der Waals surface area (Å²) in [6.07, 6.45) is 2.71. The first-order valence-electron chi connectivity index (χ1n) is 4.86. The van der Waals surface area contributed by atoms with Crippen LogP contribution < -0.4 is 14.8 Å². The van der Waals surface area contributed by atoms with Crippen molar-refractivity contribution >= 4 is 0 Å². The summed E-state index contributed by atoms with van der Waals surface area (Å²) in [5.74, 6) is 1.38. The van der Waals surface area contributed by atoms with E-state index < -0.39 is 0 Å². The molecular weight excluding hydrogens is 180 g/mol. The minimum atomic E-state index is -0.179. The topological polar surface area (TPSA) is 43.4 Å². The van der Waals surface area contributed by atoms with Crippen LogP contribution in [-0.4, -0.2) is 30.3 Å². The quantitative estimate of drug-likeness (QED) is 0.653. The van der Waals surface area contributed by atoms with Crippen LogP contribution in [0.2, 0.25) is 0 Å². The zero-order valence-electron chi connectivity index (χ0n) is 7.82. The van der Waals surface area contributed by atoms with Crippen LogP contribution in [-0.2, 0) is 0 Å². The van der Waals surface area contributed by atoms with Crippen molar-refractivity contribution in [3.05, 3.63) is 18.3 Å². The van der Waals surface area contributed by atoms with Crippen molar-refractivity contribution in [3.63, 3.8) is 0 Å². The van der Waals surface area contributed by atoms with Crippen LogP contribution in [0, 0.1) is 0 Å². The summed E-state index contributed by atoms with van der Waals surface area (Å²) in [6, 6.07) is 3.74. The molecular formula is C10H12N2O2. The highest BCUT2D eigenvalue weighted by molar-refractivity contribution is 5.35. The minimum absolute atomic E-state index is 0.179. The van der Waals surface area contributed by atoms with Crippen LogP contribution in [0.4, 0.5) is 0 Å². The summed E-state index contributed by atoms with van der Waals surface area (Å²) in [4.78, 5) is 4.16. The van der Waals surface area contributed by atoms with Crippen molar-refractivity contribution in [3.8, 4) is 11.6 Å². The lowest BCUT2D eigenvalue weighted by molar-refractivity contribution is 0.00260. The zero-order valence-corrected chi connectivity index (χ0v) is 7.82. The van der Waals surface area contributed by atoms with E-state index >= 15 is 0 Å². The first-order chi connectivity index (χ1) is 6.88. The molecule has 0 aliphatic carbocycles. The number of nitrogens with zero attached hydrogens (tertiary/aromatic N) is 1. The molecule has 74 valence electrons. The third-order valence-corrected chi connectivity index (χ3v) is 2.74. The molecule has 3 rings (SSSR count). The summed E-state index contributed by atoms with van der Waals surface area (Å²) >= 11 is 0. The molecule has 1 fully saturated rings. The van der Waals surface area contributed by atoms with E-state index in [9.17, 15) is 0 Å². The van der Waals surface area contributed by atoms with Crippen LogP contribution in [0.5, 0.6) is 11.6 Å². The summed E-state index contributed by atoms with van der Waals surface area (Å²) in [5.41, 5.74) is -0.179. The molecule has 2 aliphatic heterocycles.